The molecule has 0 aromatic heterocycles. The first-order valence-electron chi connectivity index (χ1n) is 8.80. The summed E-state index contributed by atoms with van der Waals surface area (Å²) in [5.41, 5.74) is 6.78. The fourth-order valence-electron chi connectivity index (χ4n) is 2.90. The van der Waals surface area contributed by atoms with Gasteiger partial charge >= 0.3 is 0 Å². The van der Waals surface area contributed by atoms with E-state index in [4.69, 9.17) is 17.3 Å². The molecule has 0 bridgehead atoms. The van der Waals surface area contributed by atoms with Crippen molar-refractivity contribution in [1.82, 2.24) is 10.2 Å². The van der Waals surface area contributed by atoms with Crippen molar-refractivity contribution in [3.05, 3.63) is 29.3 Å². The van der Waals surface area contributed by atoms with Crippen molar-refractivity contribution in [3.8, 4) is 0 Å². The standard InChI is InChI=1S/C18H29ClN4O/c1-15(20)7-8-18(24)21-9-4-10-22-11-13-23(14-12-22)17-6-3-2-5-16(17)19/h2-3,5-6,15H,4,7-14,20H2,1H3,(H,21,24). The molecule has 2 rings (SSSR count). The molecule has 1 aliphatic heterocycles. The zero-order valence-corrected chi connectivity index (χ0v) is 15.3. The number of nitrogens with one attached hydrogen (secondary N) is 1. The van der Waals surface area contributed by atoms with Crippen LogP contribution in [0.15, 0.2) is 24.3 Å². The van der Waals surface area contributed by atoms with Crippen LogP contribution in [0.1, 0.15) is 26.2 Å². The van der Waals surface area contributed by atoms with Gasteiger partial charge in [0.1, 0.15) is 0 Å². The molecule has 0 aliphatic carbocycles. The average Bonchev–Trinajstić information content (AvgIpc) is 2.58. The van der Waals surface area contributed by atoms with E-state index >= 15 is 0 Å². The number of amides is 1. The summed E-state index contributed by atoms with van der Waals surface area (Å²) in [7, 11) is 0. The Morgan fingerprint density at radius 1 is 1.29 bits per heavy atom. The van der Waals surface area contributed by atoms with Gasteiger partial charge in [-0.3, -0.25) is 9.69 Å². The maximum Gasteiger partial charge on any atom is 0.220 e. The smallest absolute Gasteiger partial charge is 0.220 e. The number of anilines is 1. The lowest BCUT2D eigenvalue weighted by molar-refractivity contribution is -0.121. The van der Waals surface area contributed by atoms with Crippen LogP contribution in [0.25, 0.3) is 0 Å². The fraction of sp³-hybridized carbons (Fsp3) is 0.611. The van der Waals surface area contributed by atoms with Crippen LogP contribution in [0.2, 0.25) is 5.02 Å². The van der Waals surface area contributed by atoms with E-state index in [-0.39, 0.29) is 11.9 Å². The number of halogens is 1. The Balaban J connectivity index is 1.60. The summed E-state index contributed by atoms with van der Waals surface area (Å²) in [6.07, 6.45) is 2.25. The summed E-state index contributed by atoms with van der Waals surface area (Å²) in [5.74, 6) is 0.107. The van der Waals surface area contributed by atoms with Crippen molar-refractivity contribution in [2.45, 2.75) is 32.2 Å². The summed E-state index contributed by atoms with van der Waals surface area (Å²) in [6.45, 7) is 7.73. The third-order valence-corrected chi connectivity index (χ3v) is 4.69. The molecule has 1 heterocycles. The third kappa shape index (κ3) is 6.30. The van der Waals surface area contributed by atoms with Crippen molar-refractivity contribution in [2.75, 3.05) is 44.2 Å². The Kier molecular flexibility index (Phi) is 7.82. The van der Waals surface area contributed by atoms with Crippen molar-refractivity contribution >= 4 is 23.2 Å². The number of nitrogens with two attached hydrogens (primary N) is 1. The second-order valence-corrected chi connectivity index (χ2v) is 6.91. The Labute approximate surface area is 150 Å². The lowest BCUT2D eigenvalue weighted by Gasteiger charge is -2.36. The lowest BCUT2D eigenvalue weighted by atomic mass is 10.2. The van der Waals surface area contributed by atoms with Gasteiger partial charge in [0.15, 0.2) is 0 Å². The SMILES string of the molecule is CC(N)CCC(=O)NCCCN1CCN(c2ccccc2Cl)CC1. The summed E-state index contributed by atoms with van der Waals surface area (Å²) >= 11 is 6.27. The quantitative estimate of drug-likeness (QED) is 0.703. The molecule has 1 aromatic carbocycles. The molecular weight excluding hydrogens is 324 g/mol. The minimum atomic E-state index is 0.0881. The van der Waals surface area contributed by atoms with Crippen LogP contribution in [-0.4, -0.2) is 56.1 Å². The molecule has 6 heteroatoms. The van der Waals surface area contributed by atoms with E-state index in [1.165, 1.54) is 0 Å². The molecule has 24 heavy (non-hydrogen) atoms. The Hall–Kier alpha value is -1.30. The minimum Gasteiger partial charge on any atom is -0.368 e. The van der Waals surface area contributed by atoms with Crippen LogP contribution >= 0.6 is 11.6 Å². The average molecular weight is 353 g/mol. The van der Waals surface area contributed by atoms with E-state index in [9.17, 15) is 4.79 Å². The van der Waals surface area contributed by atoms with Crippen molar-refractivity contribution in [1.29, 1.82) is 0 Å². The number of para-hydroxylation sites is 1. The molecule has 5 nitrogen and oxygen atoms in total. The highest BCUT2D eigenvalue weighted by molar-refractivity contribution is 6.33. The highest BCUT2D eigenvalue weighted by atomic mass is 35.5. The van der Waals surface area contributed by atoms with Gasteiger partial charge in [0, 0.05) is 45.2 Å². The molecule has 1 saturated heterocycles. The van der Waals surface area contributed by atoms with Gasteiger partial charge in [-0.1, -0.05) is 23.7 Å². The van der Waals surface area contributed by atoms with Crippen molar-refractivity contribution in [3.63, 3.8) is 0 Å². The zero-order valence-electron chi connectivity index (χ0n) is 14.5. The third-order valence-electron chi connectivity index (χ3n) is 4.37. The van der Waals surface area contributed by atoms with E-state index in [1.54, 1.807) is 0 Å². The topological polar surface area (TPSA) is 61.6 Å². The molecule has 1 amide bonds. The first-order valence-corrected chi connectivity index (χ1v) is 9.18. The molecule has 0 spiro atoms. The van der Waals surface area contributed by atoms with E-state index in [2.05, 4.69) is 21.2 Å². The second-order valence-electron chi connectivity index (χ2n) is 6.50. The number of hydrogen-bond acceptors (Lipinski definition) is 4. The number of nitrogens with zero attached hydrogens (tertiary/aromatic N) is 2. The zero-order chi connectivity index (χ0) is 17.4. The normalized spacial score (nSPS) is 16.9. The van der Waals surface area contributed by atoms with E-state index < -0.39 is 0 Å². The maximum absolute atomic E-state index is 11.6. The van der Waals surface area contributed by atoms with Gasteiger partial charge in [-0.25, -0.2) is 0 Å². The van der Waals surface area contributed by atoms with Gasteiger partial charge in [0.25, 0.3) is 0 Å². The fourth-order valence-corrected chi connectivity index (χ4v) is 3.15. The number of hydrogen-bond donors (Lipinski definition) is 2. The molecule has 1 aliphatic rings. The Morgan fingerprint density at radius 2 is 2.00 bits per heavy atom. The predicted molar refractivity (Wildman–Crippen MR) is 101 cm³/mol. The first-order chi connectivity index (χ1) is 11.6. The summed E-state index contributed by atoms with van der Waals surface area (Å²) in [5, 5.41) is 3.79. The van der Waals surface area contributed by atoms with E-state index in [0.29, 0.717) is 6.42 Å². The van der Waals surface area contributed by atoms with Crippen LogP contribution in [0, 0.1) is 0 Å². The minimum absolute atomic E-state index is 0.0881. The van der Waals surface area contributed by atoms with Crippen LogP contribution in [0.4, 0.5) is 5.69 Å². The largest absolute Gasteiger partial charge is 0.368 e. The molecule has 1 aromatic rings. The van der Waals surface area contributed by atoms with Crippen LogP contribution in [0.3, 0.4) is 0 Å². The monoisotopic (exact) mass is 352 g/mol. The van der Waals surface area contributed by atoms with Crippen LogP contribution < -0.4 is 16.0 Å². The van der Waals surface area contributed by atoms with Crippen molar-refractivity contribution in [2.24, 2.45) is 5.73 Å². The molecule has 1 unspecified atom stereocenters. The van der Waals surface area contributed by atoms with Gasteiger partial charge in [-0.15, -0.1) is 0 Å². The molecule has 1 atom stereocenters. The molecule has 134 valence electrons. The summed E-state index contributed by atoms with van der Waals surface area (Å²) < 4.78 is 0. The lowest BCUT2D eigenvalue weighted by Crippen LogP contribution is -2.47. The number of carbonyl (C=O) groups is 1. The molecule has 0 radical (unpaired) electrons. The van der Waals surface area contributed by atoms with E-state index in [0.717, 1.165) is 62.8 Å². The molecular formula is C18H29ClN4O. The highest BCUT2D eigenvalue weighted by Gasteiger charge is 2.18. The highest BCUT2D eigenvalue weighted by Crippen LogP contribution is 2.25. The summed E-state index contributed by atoms with van der Waals surface area (Å²) in [4.78, 5) is 16.4. The molecule has 3 N–H and O–H groups in total. The first kappa shape index (κ1) is 19.0. The van der Waals surface area contributed by atoms with Gasteiger partial charge in [-0.05, 0) is 38.4 Å². The second kappa shape index (κ2) is 9.87. The number of piperazine rings is 1. The Bertz CT molecular complexity index is 515. The van der Waals surface area contributed by atoms with Gasteiger partial charge < -0.3 is 16.0 Å². The van der Waals surface area contributed by atoms with Crippen molar-refractivity contribution < 1.29 is 4.79 Å². The number of benzene rings is 1. The van der Waals surface area contributed by atoms with E-state index in [1.807, 2.05) is 25.1 Å². The number of carbonyl (C=O) groups excluding carboxylic acids is 1. The van der Waals surface area contributed by atoms with Gasteiger partial charge in [-0.2, -0.15) is 0 Å². The maximum atomic E-state index is 11.6. The summed E-state index contributed by atoms with van der Waals surface area (Å²) in [6, 6.07) is 8.10. The molecule has 0 saturated carbocycles. The molecule has 1 fully saturated rings. The number of rotatable bonds is 8. The van der Waals surface area contributed by atoms with Crippen LogP contribution in [-0.2, 0) is 4.79 Å². The van der Waals surface area contributed by atoms with Gasteiger partial charge in [0.05, 0.1) is 10.7 Å². The van der Waals surface area contributed by atoms with Gasteiger partial charge in [0.2, 0.25) is 5.91 Å². The Morgan fingerprint density at radius 3 is 2.67 bits per heavy atom. The predicted octanol–water partition coefficient (Wildman–Crippen LogP) is 2.10. The van der Waals surface area contributed by atoms with Crippen LogP contribution in [0.5, 0.6) is 0 Å².